The van der Waals surface area contributed by atoms with Gasteiger partial charge < -0.3 is 14.7 Å². The number of benzene rings is 2. The van der Waals surface area contributed by atoms with Crippen LogP contribution < -0.4 is 9.46 Å². The van der Waals surface area contributed by atoms with Crippen LogP contribution >= 0.6 is 22.9 Å². The molecule has 0 spiro atoms. The van der Waals surface area contributed by atoms with Crippen molar-refractivity contribution >= 4 is 54.6 Å². The number of sulfonamides is 2. The molecule has 0 fully saturated rings. The van der Waals surface area contributed by atoms with Gasteiger partial charge in [0.2, 0.25) is 0 Å². The summed E-state index contributed by atoms with van der Waals surface area (Å²) in [7, 11) is -6.47. The van der Waals surface area contributed by atoms with Gasteiger partial charge in [-0.05, 0) is 54.8 Å². The van der Waals surface area contributed by atoms with Crippen molar-refractivity contribution < 1.29 is 31.5 Å². The maximum atomic E-state index is 13.6. The molecule has 0 saturated heterocycles. The van der Waals surface area contributed by atoms with Crippen molar-refractivity contribution in [2.24, 2.45) is 5.92 Å². The van der Waals surface area contributed by atoms with Gasteiger partial charge in [0.1, 0.15) is 10.3 Å². The lowest BCUT2D eigenvalue weighted by molar-refractivity contribution is 0.0389. The first-order valence-electron chi connectivity index (χ1n) is 12.3. The summed E-state index contributed by atoms with van der Waals surface area (Å²) in [5.41, 5.74) is 0.0949. The van der Waals surface area contributed by atoms with Gasteiger partial charge in [-0.2, -0.15) is 4.31 Å². The number of aliphatic hydroxyl groups is 1. The summed E-state index contributed by atoms with van der Waals surface area (Å²) in [4.78, 5) is 15.1. The number of aliphatic hydroxyl groups excluding tert-OH is 1. The molecule has 1 aliphatic rings. The fourth-order valence-corrected chi connectivity index (χ4v) is 7.85. The minimum atomic E-state index is -4.10. The smallest absolute Gasteiger partial charge is 0.262 e. The first-order chi connectivity index (χ1) is 18.8. The molecular formula is C26H30ClN3O7S3. The Morgan fingerprint density at radius 1 is 1.15 bits per heavy atom. The number of amides is 1. The van der Waals surface area contributed by atoms with E-state index in [1.165, 1.54) is 64.8 Å². The minimum absolute atomic E-state index is 0.0141. The largest absolute Gasteiger partial charge is 0.486 e. The van der Waals surface area contributed by atoms with Crippen LogP contribution in [0.15, 0.2) is 69.1 Å². The molecule has 1 aromatic heterocycles. The van der Waals surface area contributed by atoms with E-state index in [9.17, 15) is 26.7 Å². The van der Waals surface area contributed by atoms with E-state index in [1.54, 1.807) is 18.4 Å². The first kappa shape index (κ1) is 30.3. The maximum absolute atomic E-state index is 13.6. The number of anilines is 1. The predicted molar refractivity (Wildman–Crippen MR) is 154 cm³/mol. The van der Waals surface area contributed by atoms with Crippen LogP contribution in [-0.2, 0) is 20.0 Å². The van der Waals surface area contributed by atoms with Gasteiger partial charge in [0.25, 0.3) is 26.0 Å². The average Bonchev–Trinajstić information content (AvgIpc) is 3.47. The molecule has 1 aliphatic heterocycles. The number of hydrogen-bond acceptors (Lipinski definition) is 8. The van der Waals surface area contributed by atoms with Crippen molar-refractivity contribution in [3.63, 3.8) is 0 Å². The minimum Gasteiger partial charge on any atom is -0.486 e. The predicted octanol–water partition coefficient (Wildman–Crippen LogP) is 3.74. The van der Waals surface area contributed by atoms with Gasteiger partial charge in [-0.1, -0.05) is 30.7 Å². The van der Waals surface area contributed by atoms with Gasteiger partial charge in [0.15, 0.2) is 5.75 Å². The van der Waals surface area contributed by atoms with Crippen molar-refractivity contribution in [3.8, 4) is 5.75 Å². The third-order valence-electron chi connectivity index (χ3n) is 6.66. The Hall–Kier alpha value is -2.68. The first-order valence-corrected chi connectivity index (χ1v) is 16.5. The van der Waals surface area contributed by atoms with Crippen LogP contribution in [0.25, 0.3) is 0 Å². The second-order valence-electron chi connectivity index (χ2n) is 9.58. The second kappa shape index (κ2) is 12.0. The normalized spacial score (nSPS) is 18.9. The van der Waals surface area contributed by atoms with E-state index in [1.807, 2.05) is 6.92 Å². The van der Waals surface area contributed by atoms with Gasteiger partial charge in [-0.3, -0.25) is 9.52 Å². The van der Waals surface area contributed by atoms with Gasteiger partial charge in [0, 0.05) is 24.5 Å². The molecule has 2 N–H and O–H groups in total. The molecule has 40 heavy (non-hydrogen) atoms. The number of carbonyl (C=O) groups is 1. The third-order valence-corrected chi connectivity index (χ3v) is 11.5. The molecule has 216 valence electrons. The van der Waals surface area contributed by atoms with Gasteiger partial charge in [0.05, 0.1) is 35.3 Å². The summed E-state index contributed by atoms with van der Waals surface area (Å²) >= 11 is 7.01. The van der Waals surface area contributed by atoms with Gasteiger partial charge in [-0.25, -0.2) is 16.8 Å². The fourth-order valence-electron chi connectivity index (χ4n) is 4.27. The van der Waals surface area contributed by atoms with Crippen LogP contribution in [0, 0.1) is 5.92 Å². The zero-order valence-corrected chi connectivity index (χ0v) is 25.2. The number of thiophene rings is 1. The monoisotopic (exact) mass is 627 g/mol. The van der Waals surface area contributed by atoms with E-state index in [-0.39, 0.29) is 45.8 Å². The van der Waals surface area contributed by atoms with E-state index in [0.29, 0.717) is 5.02 Å². The number of nitrogens with zero attached hydrogens (tertiary/aromatic N) is 2. The Balaban J connectivity index is 1.76. The molecule has 10 nitrogen and oxygen atoms in total. The van der Waals surface area contributed by atoms with E-state index in [2.05, 4.69) is 4.72 Å². The topological polar surface area (TPSA) is 133 Å². The van der Waals surface area contributed by atoms with Gasteiger partial charge >= 0.3 is 0 Å². The number of ether oxygens (including phenoxy) is 1. The van der Waals surface area contributed by atoms with Crippen molar-refractivity contribution in [2.45, 2.75) is 35.1 Å². The summed E-state index contributed by atoms with van der Waals surface area (Å²) in [6, 6.07) is 12.7. The van der Waals surface area contributed by atoms with Gasteiger partial charge in [-0.15, -0.1) is 11.3 Å². The SMILES string of the molecule is C[C@@H]1CN([C@H](C)CO)C(=O)c2cccc(NS(=O)(=O)c3ccc(Cl)cc3)c2O[C@@H]1CN(C)S(=O)(=O)c1cccs1. The second-order valence-corrected chi connectivity index (χ2v) is 14.9. The highest BCUT2D eigenvalue weighted by molar-refractivity contribution is 7.92. The molecule has 3 aromatic rings. The van der Waals surface area contributed by atoms with E-state index in [4.69, 9.17) is 16.3 Å². The zero-order chi connectivity index (χ0) is 29.2. The molecular weight excluding hydrogens is 598 g/mol. The molecule has 2 aromatic carbocycles. The number of rotatable bonds is 9. The number of likely N-dealkylation sites (N-methyl/N-ethyl adjacent to an activating group) is 1. The summed E-state index contributed by atoms with van der Waals surface area (Å²) < 4.78 is 63.0. The lowest BCUT2D eigenvalue weighted by Gasteiger charge is -2.38. The Labute approximate surface area is 243 Å². The number of para-hydroxylation sites is 1. The van der Waals surface area contributed by atoms with E-state index in [0.717, 1.165) is 11.3 Å². The Morgan fingerprint density at radius 3 is 2.48 bits per heavy atom. The summed E-state index contributed by atoms with van der Waals surface area (Å²) in [5.74, 6) is -0.874. The fraction of sp³-hybridized carbons (Fsp3) is 0.346. The van der Waals surface area contributed by atoms with Crippen LogP contribution in [0.4, 0.5) is 5.69 Å². The average molecular weight is 628 g/mol. The lowest BCUT2D eigenvalue weighted by atomic mass is 9.99. The van der Waals surface area contributed by atoms with Crippen molar-refractivity contribution in [2.75, 3.05) is 31.5 Å². The van der Waals surface area contributed by atoms with Crippen LogP contribution in [0.2, 0.25) is 5.02 Å². The summed E-state index contributed by atoms with van der Waals surface area (Å²) in [6.45, 7) is 3.32. The quantitative estimate of drug-likeness (QED) is 0.369. The Morgan fingerprint density at radius 2 is 1.85 bits per heavy atom. The molecule has 0 unspecified atom stereocenters. The van der Waals surface area contributed by atoms with Crippen molar-refractivity contribution in [1.82, 2.24) is 9.21 Å². The Bertz CT molecular complexity index is 1560. The molecule has 2 heterocycles. The van der Waals surface area contributed by atoms with Crippen LogP contribution in [0.5, 0.6) is 5.75 Å². The molecule has 1 amide bonds. The van der Waals surface area contributed by atoms with E-state index < -0.39 is 44.0 Å². The summed E-state index contributed by atoms with van der Waals surface area (Å²) in [6.07, 6.45) is -0.777. The molecule has 0 aliphatic carbocycles. The number of fused-ring (bicyclic) bond motifs is 1. The molecule has 0 radical (unpaired) electrons. The van der Waals surface area contributed by atoms with Crippen LogP contribution in [0.3, 0.4) is 0 Å². The third kappa shape index (κ3) is 6.29. The molecule has 0 bridgehead atoms. The number of carbonyl (C=O) groups excluding carboxylic acids is 1. The van der Waals surface area contributed by atoms with Crippen molar-refractivity contribution in [3.05, 3.63) is 70.6 Å². The number of nitrogens with one attached hydrogen (secondary N) is 1. The standard InChI is InChI=1S/C26H30ClN3O7S3/c1-17-14-30(18(2)16-31)26(32)21-6-4-7-22(28-39(33,34)20-11-9-19(27)10-12-20)25(21)37-23(17)15-29(3)40(35,36)24-8-5-13-38-24/h4-13,17-18,23,28,31H,14-16H2,1-3H3/t17-,18-,23-/m1/s1. The van der Waals surface area contributed by atoms with Crippen LogP contribution in [0.1, 0.15) is 24.2 Å². The zero-order valence-electron chi connectivity index (χ0n) is 22.0. The highest BCUT2D eigenvalue weighted by Crippen LogP contribution is 2.36. The summed E-state index contributed by atoms with van der Waals surface area (Å²) in [5, 5.41) is 11.9. The van der Waals surface area contributed by atoms with Crippen LogP contribution in [-0.4, -0.2) is 75.9 Å². The molecule has 4 rings (SSSR count). The van der Waals surface area contributed by atoms with Crippen molar-refractivity contribution in [1.29, 1.82) is 0 Å². The highest BCUT2D eigenvalue weighted by atomic mass is 35.5. The Kier molecular flexibility index (Phi) is 9.12. The number of hydrogen-bond donors (Lipinski definition) is 2. The number of halogens is 1. The van der Waals surface area contributed by atoms with E-state index >= 15 is 0 Å². The molecule has 3 atom stereocenters. The highest BCUT2D eigenvalue weighted by Gasteiger charge is 2.36. The molecule has 14 heteroatoms. The lowest BCUT2D eigenvalue weighted by Crippen LogP contribution is -2.50. The maximum Gasteiger partial charge on any atom is 0.262 e. The molecule has 0 saturated carbocycles.